The number of ether oxygens (including phenoxy) is 2. The standard InChI is InChI=1S/C15H31N3O3/c1-13(15(19)17-7-10-21-3)18-8-4-5-14(12-18)11-16-6-9-20-2/h13-14,16H,4-12H2,1-3H3,(H,17,19). The second kappa shape index (κ2) is 11.0. The summed E-state index contributed by atoms with van der Waals surface area (Å²) in [5.74, 6) is 0.713. The number of amides is 1. The van der Waals surface area contributed by atoms with Gasteiger partial charge in [-0.25, -0.2) is 0 Å². The number of piperidine rings is 1. The van der Waals surface area contributed by atoms with Crippen LogP contribution in [0.15, 0.2) is 0 Å². The number of carbonyl (C=O) groups is 1. The maximum Gasteiger partial charge on any atom is 0.237 e. The van der Waals surface area contributed by atoms with Crippen LogP contribution in [0.1, 0.15) is 19.8 Å². The molecule has 1 aliphatic heterocycles. The molecule has 0 aromatic rings. The van der Waals surface area contributed by atoms with E-state index in [1.54, 1.807) is 14.2 Å². The Morgan fingerprint density at radius 1 is 1.29 bits per heavy atom. The van der Waals surface area contributed by atoms with Crippen molar-refractivity contribution >= 4 is 5.91 Å². The Morgan fingerprint density at radius 3 is 2.71 bits per heavy atom. The molecular formula is C15H31N3O3. The lowest BCUT2D eigenvalue weighted by Crippen LogP contribution is -2.50. The first-order valence-corrected chi connectivity index (χ1v) is 7.89. The summed E-state index contributed by atoms with van der Waals surface area (Å²) in [6.45, 7) is 7.75. The molecule has 0 radical (unpaired) electrons. The molecule has 0 aromatic carbocycles. The largest absolute Gasteiger partial charge is 0.383 e. The predicted octanol–water partition coefficient (Wildman–Crippen LogP) is 0.0855. The van der Waals surface area contributed by atoms with Gasteiger partial charge in [0.25, 0.3) is 0 Å². The van der Waals surface area contributed by atoms with E-state index in [1.165, 1.54) is 6.42 Å². The molecule has 0 aliphatic carbocycles. The fourth-order valence-corrected chi connectivity index (χ4v) is 2.69. The SMILES string of the molecule is COCCNCC1CCCN(C(C)C(=O)NCCOC)C1. The monoisotopic (exact) mass is 301 g/mol. The molecule has 21 heavy (non-hydrogen) atoms. The average molecular weight is 301 g/mol. The lowest BCUT2D eigenvalue weighted by atomic mass is 9.96. The zero-order valence-corrected chi connectivity index (χ0v) is 13.7. The number of likely N-dealkylation sites (tertiary alicyclic amines) is 1. The van der Waals surface area contributed by atoms with Crippen LogP contribution in [0.5, 0.6) is 0 Å². The van der Waals surface area contributed by atoms with Crippen LogP contribution in [0.25, 0.3) is 0 Å². The highest BCUT2D eigenvalue weighted by Crippen LogP contribution is 2.18. The van der Waals surface area contributed by atoms with E-state index >= 15 is 0 Å². The Labute approximate surface area is 128 Å². The summed E-state index contributed by atoms with van der Waals surface area (Å²) in [5, 5.41) is 6.34. The summed E-state index contributed by atoms with van der Waals surface area (Å²) >= 11 is 0. The van der Waals surface area contributed by atoms with Crippen LogP contribution in [0.3, 0.4) is 0 Å². The van der Waals surface area contributed by atoms with Gasteiger partial charge in [-0.1, -0.05) is 0 Å². The number of hydrogen-bond acceptors (Lipinski definition) is 5. The minimum absolute atomic E-state index is 0.0661. The van der Waals surface area contributed by atoms with Crippen molar-refractivity contribution < 1.29 is 14.3 Å². The molecule has 1 amide bonds. The normalized spacial score (nSPS) is 21.2. The number of nitrogens with one attached hydrogen (secondary N) is 2. The molecule has 1 fully saturated rings. The van der Waals surface area contributed by atoms with Gasteiger partial charge in [0.05, 0.1) is 19.3 Å². The van der Waals surface area contributed by atoms with Gasteiger partial charge in [0.1, 0.15) is 0 Å². The van der Waals surface area contributed by atoms with Crippen LogP contribution in [-0.2, 0) is 14.3 Å². The Morgan fingerprint density at radius 2 is 2.00 bits per heavy atom. The zero-order valence-electron chi connectivity index (χ0n) is 13.7. The minimum Gasteiger partial charge on any atom is -0.383 e. The van der Waals surface area contributed by atoms with Crippen LogP contribution < -0.4 is 10.6 Å². The van der Waals surface area contributed by atoms with E-state index in [0.29, 0.717) is 19.1 Å². The summed E-state index contributed by atoms with van der Waals surface area (Å²) in [4.78, 5) is 14.4. The molecule has 1 aliphatic rings. The fourth-order valence-electron chi connectivity index (χ4n) is 2.69. The molecule has 0 saturated carbocycles. The minimum atomic E-state index is -0.0661. The first kappa shape index (κ1) is 18.4. The first-order chi connectivity index (χ1) is 10.2. The van der Waals surface area contributed by atoms with E-state index in [-0.39, 0.29) is 11.9 Å². The van der Waals surface area contributed by atoms with E-state index in [2.05, 4.69) is 15.5 Å². The Bertz CT molecular complexity index is 289. The van der Waals surface area contributed by atoms with Crippen molar-refractivity contribution in [3.05, 3.63) is 0 Å². The zero-order chi connectivity index (χ0) is 15.5. The van der Waals surface area contributed by atoms with Gasteiger partial charge in [0.2, 0.25) is 5.91 Å². The summed E-state index contributed by atoms with van der Waals surface area (Å²) in [6, 6.07) is -0.0661. The van der Waals surface area contributed by atoms with Crippen molar-refractivity contribution in [3.63, 3.8) is 0 Å². The lowest BCUT2D eigenvalue weighted by Gasteiger charge is -2.36. The van der Waals surface area contributed by atoms with Crippen LogP contribution >= 0.6 is 0 Å². The highest BCUT2D eigenvalue weighted by Gasteiger charge is 2.26. The quantitative estimate of drug-likeness (QED) is 0.560. The molecule has 2 N–H and O–H groups in total. The maximum atomic E-state index is 12.1. The summed E-state index contributed by atoms with van der Waals surface area (Å²) < 4.78 is 9.98. The Balaban J connectivity index is 2.28. The van der Waals surface area contributed by atoms with Crippen molar-refractivity contribution in [1.29, 1.82) is 0 Å². The van der Waals surface area contributed by atoms with Crippen LogP contribution in [0, 0.1) is 5.92 Å². The third-order valence-electron chi connectivity index (χ3n) is 4.00. The van der Waals surface area contributed by atoms with Crippen molar-refractivity contribution in [1.82, 2.24) is 15.5 Å². The van der Waals surface area contributed by atoms with Crippen LogP contribution in [-0.4, -0.2) is 77.0 Å². The number of methoxy groups -OCH3 is 2. The van der Waals surface area contributed by atoms with Crippen molar-refractivity contribution in [2.45, 2.75) is 25.8 Å². The Hall–Kier alpha value is -0.690. The van der Waals surface area contributed by atoms with E-state index in [9.17, 15) is 4.79 Å². The summed E-state index contributed by atoms with van der Waals surface area (Å²) in [5.41, 5.74) is 0. The number of nitrogens with zero attached hydrogens (tertiary/aromatic N) is 1. The summed E-state index contributed by atoms with van der Waals surface area (Å²) in [6.07, 6.45) is 2.39. The highest BCUT2D eigenvalue weighted by atomic mass is 16.5. The molecule has 124 valence electrons. The smallest absolute Gasteiger partial charge is 0.237 e. The van der Waals surface area contributed by atoms with Crippen molar-refractivity contribution in [2.24, 2.45) is 5.92 Å². The van der Waals surface area contributed by atoms with Crippen molar-refractivity contribution in [2.75, 3.05) is 60.2 Å². The first-order valence-electron chi connectivity index (χ1n) is 7.89. The van der Waals surface area contributed by atoms with E-state index < -0.39 is 0 Å². The van der Waals surface area contributed by atoms with Gasteiger partial charge >= 0.3 is 0 Å². The van der Waals surface area contributed by atoms with Gasteiger partial charge < -0.3 is 20.1 Å². The molecule has 1 saturated heterocycles. The number of rotatable bonds is 10. The van der Waals surface area contributed by atoms with E-state index in [4.69, 9.17) is 9.47 Å². The molecule has 0 bridgehead atoms. The average Bonchev–Trinajstić information content (AvgIpc) is 2.51. The molecule has 2 unspecified atom stereocenters. The van der Waals surface area contributed by atoms with Gasteiger partial charge in [-0.2, -0.15) is 0 Å². The Kier molecular flexibility index (Phi) is 9.58. The molecule has 6 heteroatoms. The molecule has 0 aromatic heterocycles. The fraction of sp³-hybridized carbons (Fsp3) is 0.933. The van der Waals surface area contributed by atoms with E-state index in [1.807, 2.05) is 6.92 Å². The molecule has 1 heterocycles. The van der Waals surface area contributed by atoms with Crippen LogP contribution in [0.2, 0.25) is 0 Å². The van der Waals surface area contributed by atoms with Gasteiger partial charge in [-0.15, -0.1) is 0 Å². The molecule has 1 rings (SSSR count). The highest BCUT2D eigenvalue weighted by molar-refractivity contribution is 5.81. The van der Waals surface area contributed by atoms with Crippen molar-refractivity contribution in [3.8, 4) is 0 Å². The third kappa shape index (κ3) is 7.22. The maximum absolute atomic E-state index is 12.1. The predicted molar refractivity (Wildman–Crippen MR) is 83.4 cm³/mol. The van der Waals surface area contributed by atoms with Crippen LogP contribution in [0.4, 0.5) is 0 Å². The lowest BCUT2D eigenvalue weighted by molar-refractivity contribution is -0.126. The third-order valence-corrected chi connectivity index (χ3v) is 4.00. The van der Waals surface area contributed by atoms with Gasteiger partial charge in [0, 0.05) is 33.9 Å². The van der Waals surface area contributed by atoms with Gasteiger partial charge in [0.15, 0.2) is 0 Å². The second-order valence-electron chi connectivity index (χ2n) is 5.66. The molecule has 6 nitrogen and oxygen atoms in total. The van der Waals surface area contributed by atoms with E-state index in [0.717, 1.165) is 39.2 Å². The van der Waals surface area contributed by atoms with Gasteiger partial charge in [-0.3, -0.25) is 9.69 Å². The second-order valence-corrected chi connectivity index (χ2v) is 5.66. The summed E-state index contributed by atoms with van der Waals surface area (Å²) in [7, 11) is 3.36. The molecule has 0 spiro atoms. The molecule has 2 atom stereocenters. The number of hydrogen-bond donors (Lipinski definition) is 2. The molecular weight excluding hydrogens is 270 g/mol. The number of carbonyl (C=O) groups excluding carboxylic acids is 1. The topological polar surface area (TPSA) is 62.8 Å². The van der Waals surface area contributed by atoms with Gasteiger partial charge in [-0.05, 0) is 38.8 Å².